The van der Waals surface area contributed by atoms with E-state index >= 15 is 0 Å². The second-order valence-electron chi connectivity index (χ2n) is 8.15. The van der Waals surface area contributed by atoms with Gasteiger partial charge in [-0.05, 0) is 35.2 Å². The summed E-state index contributed by atoms with van der Waals surface area (Å²) in [5, 5.41) is 2.89. The van der Waals surface area contributed by atoms with E-state index in [-0.39, 0.29) is 23.7 Å². The Kier molecular flexibility index (Phi) is 4.99. The monoisotopic (exact) mass is 402 g/mol. The first kappa shape index (κ1) is 19.6. The number of esters is 1. The molecule has 2 aromatic carbocycles. The van der Waals surface area contributed by atoms with E-state index in [4.69, 9.17) is 9.47 Å². The van der Waals surface area contributed by atoms with Crippen molar-refractivity contribution in [3.63, 3.8) is 0 Å². The third-order valence-corrected chi connectivity index (χ3v) is 4.80. The number of carbonyl (C=O) groups is 2. The molecule has 152 valence electrons. The molecule has 6 heteroatoms. The van der Waals surface area contributed by atoms with Gasteiger partial charge in [-0.1, -0.05) is 39.0 Å². The van der Waals surface area contributed by atoms with Gasteiger partial charge in [0.1, 0.15) is 5.75 Å². The number of hydrogen-bond acceptors (Lipinski definition) is 5. The number of benzene rings is 2. The van der Waals surface area contributed by atoms with Crippen LogP contribution in [0.25, 0.3) is 0 Å². The molecule has 6 nitrogen and oxygen atoms in total. The van der Waals surface area contributed by atoms with E-state index in [9.17, 15) is 9.59 Å². The summed E-state index contributed by atoms with van der Waals surface area (Å²) >= 11 is 0. The molecule has 1 aliphatic rings. The highest BCUT2D eigenvalue weighted by Gasteiger charge is 2.26. The first-order valence-corrected chi connectivity index (χ1v) is 9.68. The molecule has 1 amide bonds. The first-order valence-electron chi connectivity index (χ1n) is 9.68. The molecule has 1 aromatic heterocycles. The lowest BCUT2D eigenvalue weighted by Crippen LogP contribution is -2.14. The fourth-order valence-electron chi connectivity index (χ4n) is 3.16. The minimum absolute atomic E-state index is 0.0299. The van der Waals surface area contributed by atoms with E-state index in [1.807, 2.05) is 24.3 Å². The van der Waals surface area contributed by atoms with Crippen LogP contribution in [0.15, 0.2) is 60.8 Å². The van der Waals surface area contributed by atoms with E-state index in [1.165, 1.54) is 5.56 Å². The highest BCUT2D eigenvalue weighted by molar-refractivity contribution is 6.04. The van der Waals surface area contributed by atoms with Crippen LogP contribution in [-0.4, -0.2) is 16.9 Å². The zero-order valence-corrected chi connectivity index (χ0v) is 17.1. The third-order valence-electron chi connectivity index (χ3n) is 4.80. The Balaban J connectivity index is 1.49. The molecule has 0 saturated heterocycles. The Bertz CT molecular complexity index is 1110. The van der Waals surface area contributed by atoms with Crippen LogP contribution in [-0.2, 0) is 16.6 Å². The molecule has 1 N–H and O–H groups in total. The van der Waals surface area contributed by atoms with E-state index in [1.54, 1.807) is 36.5 Å². The number of carbonyl (C=O) groups excluding carboxylic acids is 2. The minimum Gasteiger partial charge on any atom is -0.453 e. The first-order chi connectivity index (χ1) is 14.3. The summed E-state index contributed by atoms with van der Waals surface area (Å²) in [5.41, 5.74) is 2.93. The Morgan fingerprint density at radius 1 is 1.10 bits per heavy atom. The molecule has 0 radical (unpaired) electrons. The van der Waals surface area contributed by atoms with Crippen molar-refractivity contribution in [3.05, 3.63) is 77.6 Å². The van der Waals surface area contributed by atoms with Gasteiger partial charge in [0.15, 0.2) is 11.5 Å². The number of anilines is 1. The standard InChI is InChI=1S/C24H22N2O4/c1-24(2,3)16-9-7-15(8-10-16)23(28)26-17-5-4-6-18(13-17)29-20-11-12-25-19-14-21(27)30-22(19)20/h4-13H,14H2,1-3H3,(H,26,28). The average Bonchev–Trinajstić information content (AvgIpc) is 3.09. The Hall–Kier alpha value is -3.67. The Morgan fingerprint density at radius 3 is 2.60 bits per heavy atom. The smallest absolute Gasteiger partial charge is 0.317 e. The number of nitrogens with zero attached hydrogens (tertiary/aromatic N) is 1. The number of hydrogen-bond donors (Lipinski definition) is 1. The topological polar surface area (TPSA) is 77.5 Å². The van der Waals surface area contributed by atoms with Crippen molar-refractivity contribution in [2.45, 2.75) is 32.6 Å². The maximum absolute atomic E-state index is 12.6. The predicted molar refractivity (Wildman–Crippen MR) is 113 cm³/mol. The van der Waals surface area contributed by atoms with Crippen molar-refractivity contribution in [1.82, 2.24) is 4.98 Å². The summed E-state index contributed by atoms with van der Waals surface area (Å²) in [5.74, 6) is 0.702. The molecule has 0 spiro atoms. The number of nitrogens with one attached hydrogen (secondary N) is 1. The van der Waals surface area contributed by atoms with Crippen LogP contribution in [0.2, 0.25) is 0 Å². The second-order valence-corrected chi connectivity index (χ2v) is 8.15. The molecule has 3 aromatic rings. The zero-order chi connectivity index (χ0) is 21.3. The molecular formula is C24H22N2O4. The highest BCUT2D eigenvalue weighted by Crippen LogP contribution is 2.37. The SMILES string of the molecule is CC(C)(C)c1ccc(C(=O)Nc2cccc(Oc3ccnc4c3OC(=O)C4)c2)cc1. The van der Waals surface area contributed by atoms with E-state index in [2.05, 4.69) is 31.1 Å². The van der Waals surface area contributed by atoms with Crippen molar-refractivity contribution in [1.29, 1.82) is 0 Å². The van der Waals surface area contributed by atoms with E-state index in [0.29, 0.717) is 34.2 Å². The maximum atomic E-state index is 12.6. The Labute approximate surface area is 174 Å². The number of ether oxygens (including phenoxy) is 2. The van der Waals surface area contributed by atoms with Gasteiger partial charge in [0.25, 0.3) is 5.91 Å². The third kappa shape index (κ3) is 4.17. The summed E-state index contributed by atoms with van der Waals surface area (Å²) < 4.78 is 11.1. The van der Waals surface area contributed by atoms with Crippen molar-refractivity contribution in [2.24, 2.45) is 0 Å². The summed E-state index contributed by atoms with van der Waals surface area (Å²) in [4.78, 5) is 28.3. The van der Waals surface area contributed by atoms with Gasteiger partial charge in [0.2, 0.25) is 0 Å². The van der Waals surface area contributed by atoms with Crippen LogP contribution in [0.1, 0.15) is 42.4 Å². The van der Waals surface area contributed by atoms with E-state index in [0.717, 1.165) is 0 Å². The fraction of sp³-hybridized carbons (Fsp3) is 0.208. The van der Waals surface area contributed by atoms with Crippen LogP contribution in [0.3, 0.4) is 0 Å². The number of amides is 1. The van der Waals surface area contributed by atoms with E-state index < -0.39 is 0 Å². The lowest BCUT2D eigenvalue weighted by Gasteiger charge is -2.19. The highest BCUT2D eigenvalue weighted by atomic mass is 16.6. The summed E-state index contributed by atoms with van der Waals surface area (Å²) in [6, 6.07) is 16.3. The molecule has 1 aliphatic heterocycles. The van der Waals surface area contributed by atoms with Gasteiger partial charge in [-0.3, -0.25) is 14.6 Å². The van der Waals surface area contributed by atoms with Gasteiger partial charge in [-0.15, -0.1) is 0 Å². The van der Waals surface area contributed by atoms with Gasteiger partial charge >= 0.3 is 5.97 Å². The lowest BCUT2D eigenvalue weighted by molar-refractivity contribution is -0.131. The van der Waals surface area contributed by atoms with Crippen molar-refractivity contribution in [2.75, 3.05) is 5.32 Å². The second kappa shape index (κ2) is 7.63. The number of fused-ring (bicyclic) bond motifs is 1. The normalized spacial score (nSPS) is 12.8. The number of pyridine rings is 1. The van der Waals surface area contributed by atoms with Crippen molar-refractivity contribution < 1.29 is 19.1 Å². The summed E-state index contributed by atoms with van der Waals surface area (Å²) in [6.07, 6.45) is 1.71. The molecule has 30 heavy (non-hydrogen) atoms. The molecule has 2 heterocycles. The van der Waals surface area contributed by atoms with Crippen LogP contribution < -0.4 is 14.8 Å². The minimum atomic E-state index is -0.355. The molecule has 0 atom stereocenters. The summed E-state index contributed by atoms with van der Waals surface area (Å²) in [6.45, 7) is 6.39. The number of aromatic nitrogens is 1. The molecule has 0 unspecified atom stereocenters. The summed E-state index contributed by atoms with van der Waals surface area (Å²) in [7, 11) is 0. The molecule has 0 fully saturated rings. The quantitative estimate of drug-likeness (QED) is 0.629. The fourth-order valence-corrected chi connectivity index (χ4v) is 3.16. The molecule has 0 saturated carbocycles. The van der Waals surface area contributed by atoms with Crippen LogP contribution in [0, 0.1) is 0 Å². The van der Waals surface area contributed by atoms with Crippen LogP contribution in [0.4, 0.5) is 5.69 Å². The lowest BCUT2D eigenvalue weighted by atomic mass is 9.87. The largest absolute Gasteiger partial charge is 0.453 e. The average molecular weight is 402 g/mol. The van der Waals surface area contributed by atoms with Gasteiger partial charge in [0.05, 0.1) is 12.1 Å². The maximum Gasteiger partial charge on any atom is 0.317 e. The van der Waals surface area contributed by atoms with Crippen molar-refractivity contribution in [3.8, 4) is 17.2 Å². The number of rotatable bonds is 4. The Morgan fingerprint density at radius 2 is 1.87 bits per heavy atom. The van der Waals surface area contributed by atoms with Gasteiger partial charge in [-0.25, -0.2) is 0 Å². The van der Waals surface area contributed by atoms with Crippen molar-refractivity contribution >= 4 is 17.6 Å². The van der Waals surface area contributed by atoms with Gasteiger partial charge < -0.3 is 14.8 Å². The molecule has 0 bridgehead atoms. The predicted octanol–water partition coefficient (Wildman–Crippen LogP) is 4.89. The zero-order valence-electron chi connectivity index (χ0n) is 17.1. The molecule has 0 aliphatic carbocycles. The molecule has 4 rings (SSSR count). The molecular weight excluding hydrogens is 380 g/mol. The van der Waals surface area contributed by atoms with Gasteiger partial charge in [0, 0.05) is 29.6 Å². The van der Waals surface area contributed by atoms with Crippen LogP contribution in [0.5, 0.6) is 17.2 Å². The van der Waals surface area contributed by atoms with Crippen LogP contribution >= 0.6 is 0 Å². The van der Waals surface area contributed by atoms with Gasteiger partial charge in [-0.2, -0.15) is 0 Å².